The van der Waals surface area contributed by atoms with Crippen molar-refractivity contribution in [3.63, 3.8) is 0 Å². The van der Waals surface area contributed by atoms with Crippen molar-refractivity contribution in [2.45, 2.75) is 44.1 Å². The van der Waals surface area contributed by atoms with Crippen molar-refractivity contribution in [1.29, 1.82) is 0 Å². The maximum atomic E-state index is 11.9. The average molecular weight is 417 g/mol. The third kappa shape index (κ3) is 4.19. The summed E-state index contributed by atoms with van der Waals surface area (Å²) in [5.74, 6) is 0.235. The first-order valence-corrected chi connectivity index (χ1v) is 9.63. The van der Waals surface area contributed by atoms with E-state index in [1.165, 1.54) is 6.92 Å². The van der Waals surface area contributed by atoms with Crippen LogP contribution in [-0.4, -0.2) is 70.2 Å². The lowest BCUT2D eigenvalue weighted by Crippen LogP contribution is -2.66. The molecule has 0 aromatic heterocycles. The minimum Gasteiger partial charge on any atom is -0.462 e. The van der Waals surface area contributed by atoms with Crippen molar-refractivity contribution in [1.82, 2.24) is 5.32 Å². The van der Waals surface area contributed by atoms with E-state index in [1.54, 1.807) is 37.4 Å². The molecule has 0 saturated carbocycles. The van der Waals surface area contributed by atoms with Crippen LogP contribution in [0.1, 0.15) is 22.8 Å². The van der Waals surface area contributed by atoms with Crippen molar-refractivity contribution in [3.05, 3.63) is 53.6 Å². The van der Waals surface area contributed by atoms with E-state index in [0.29, 0.717) is 11.3 Å². The van der Waals surface area contributed by atoms with E-state index in [2.05, 4.69) is 5.32 Å². The molecule has 3 rings (SSSR count). The third-order valence-electron chi connectivity index (χ3n) is 5.40. The Labute approximate surface area is 174 Å². The van der Waals surface area contributed by atoms with Crippen LogP contribution in [0.4, 0.5) is 0 Å². The van der Waals surface area contributed by atoms with Gasteiger partial charge in [-0.3, -0.25) is 4.79 Å². The number of amides is 1. The fourth-order valence-electron chi connectivity index (χ4n) is 3.45. The van der Waals surface area contributed by atoms with Crippen molar-refractivity contribution < 1.29 is 34.7 Å². The number of benzene rings is 2. The number of aliphatic hydroxyl groups excluding tert-OH is 3. The molecule has 1 aliphatic rings. The summed E-state index contributed by atoms with van der Waals surface area (Å²) < 4.78 is 11.2. The Balaban J connectivity index is 1.83. The topological polar surface area (TPSA) is 128 Å². The first-order valence-electron chi connectivity index (χ1n) is 9.63. The van der Waals surface area contributed by atoms with Gasteiger partial charge in [-0.15, -0.1) is 0 Å². The summed E-state index contributed by atoms with van der Waals surface area (Å²) in [6.45, 7) is 2.54. The number of hydrogen-bond donors (Lipinski definition) is 5. The lowest BCUT2D eigenvalue weighted by Gasteiger charge is -2.45. The van der Waals surface area contributed by atoms with E-state index >= 15 is 0 Å². The number of rotatable bonds is 5. The Morgan fingerprint density at radius 3 is 2.50 bits per heavy atom. The largest absolute Gasteiger partial charge is 0.462 e. The zero-order valence-electron chi connectivity index (χ0n) is 17.1. The average Bonchev–Trinajstić information content (AvgIpc) is 2.75. The van der Waals surface area contributed by atoms with Crippen LogP contribution in [0.15, 0.2) is 42.5 Å². The lowest BCUT2D eigenvalue weighted by atomic mass is 9.86. The van der Waals surface area contributed by atoms with Crippen molar-refractivity contribution in [3.8, 4) is 16.9 Å². The monoisotopic (exact) mass is 417 g/mol. The SMILES string of the molecule is CNC(=O)c1cccc(-c2ccc(O[C@H]3O[C@H](CO)[C@@H](O)[C@](C)(O)[C@@H]3O)c(C)c2)c1. The first-order chi connectivity index (χ1) is 14.2. The van der Waals surface area contributed by atoms with Gasteiger partial charge in [0.1, 0.15) is 29.7 Å². The molecule has 1 saturated heterocycles. The predicted molar refractivity (Wildman–Crippen MR) is 109 cm³/mol. The van der Waals surface area contributed by atoms with E-state index in [9.17, 15) is 25.2 Å². The zero-order valence-corrected chi connectivity index (χ0v) is 17.1. The molecule has 1 fully saturated rings. The molecule has 30 heavy (non-hydrogen) atoms. The van der Waals surface area contributed by atoms with Crippen LogP contribution in [0.25, 0.3) is 11.1 Å². The number of nitrogens with one attached hydrogen (secondary N) is 1. The molecule has 0 bridgehead atoms. The molecular weight excluding hydrogens is 390 g/mol. The molecule has 1 amide bonds. The van der Waals surface area contributed by atoms with Gasteiger partial charge in [-0.1, -0.05) is 18.2 Å². The van der Waals surface area contributed by atoms with Crippen LogP contribution in [0.3, 0.4) is 0 Å². The number of ether oxygens (including phenoxy) is 2. The first kappa shape index (κ1) is 22.2. The fourth-order valence-corrected chi connectivity index (χ4v) is 3.45. The molecule has 8 nitrogen and oxygen atoms in total. The number of aryl methyl sites for hydroxylation is 1. The molecule has 8 heteroatoms. The van der Waals surface area contributed by atoms with Crippen LogP contribution in [-0.2, 0) is 4.74 Å². The Hall–Kier alpha value is -2.49. The molecule has 2 aromatic rings. The van der Waals surface area contributed by atoms with Gasteiger partial charge in [0.05, 0.1) is 6.61 Å². The number of carbonyl (C=O) groups is 1. The number of hydrogen-bond acceptors (Lipinski definition) is 7. The van der Waals surface area contributed by atoms with Gasteiger partial charge in [0, 0.05) is 12.6 Å². The predicted octanol–water partition coefficient (Wildman–Crippen LogP) is 0.590. The zero-order chi connectivity index (χ0) is 22.1. The second-order valence-corrected chi connectivity index (χ2v) is 7.60. The van der Waals surface area contributed by atoms with Crippen LogP contribution in [0.5, 0.6) is 5.75 Å². The van der Waals surface area contributed by atoms with E-state index < -0.39 is 36.8 Å². The molecule has 2 aromatic carbocycles. The molecule has 0 radical (unpaired) electrons. The van der Waals surface area contributed by atoms with Crippen LogP contribution in [0, 0.1) is 6.92 Å². The van der Waals surface area contributed by atoms with E-state index in [1.807, 2.05) is 19.1 Å². The van der Waals surface area contributed by atoms with Crippen molar-refractivity contribution >= 4 is 5.91 Å². The number of aliphatic hydroxyl groups is 4. The molecule has 0 spiro atoms. The van der Waals surface area contributed by atoms with Gasteiger partial charge in [-0.05, 0) is 54.8 Å². The van der Waals surface area contributed by atoms with Gasteiger partial charge >= 0.3 is 0 Å². The summed E-state index contributed by atoms with van der Waals surface area (Å²) in [6.07, 6.45) is -5.37. The van der Waals surface area contributed by atoms with Gasteiger partial charge in [-0.25, -0.2) is 0 Å². The van der Waals surface area contributed by atoms with Crippen molar-refractivity contribution in [2.75, 3.05) is 13.7 Å². The van der Waals surface area contributed by atoms with Crippen LogP contribution >= 0.6 is 0 Å². The van der Waals surface area contributed by atoms with Gasteiger partial charge in [0.15, 0.2) is 0 Å². The summed E-state index contributed by atoms with van der Waals surface area (Å²) in [7, 11) is 1.57. The van der Waals surface area contributed by atoms with Crippen LogP contribution < -0.4 is 10.1 Å². The summed E-state index contributed by atoms with van der Waals surface area (Å²) in [4.78, 5) is 11.9. The fraction of sp³-hybridized carbons (Fsp3) is 0.409. The molecule has 1 aliphatic heterocycles. The maximum absolute atomic E-state index is 11.9. The maximum Gasteiger partial charge on any atom is 0.251 e. The van der Waals surface area contributed by atoms with Gasteiger partial charge in [0.2, 0.25) is 6.29 Å². The Kier molecular flexibility index (Phi) is 6.44. The molecule has 5 atom stereocenters. The summed E-state index contributed by atoms with van der Waals surface area (Å²) in [6, 6.07) is 12.6. The third-order valence-corrected chi connectivity index (χ3v) is 5.40. The second-order valence-electron chi connectivity index (χ2n) is 7.60. The molecule has 162 valence electrons. The molecular formula is C22H27NO7. The Morgan fingerprint density at radius 2 is 1.87 bits per heavy atom. The minimum absolute atomic E-state index is 0.176. The molecule has 0 unspecified atom stereocenters. The molecule has 0 aliphatic carbocycles. The van der Waals surface area contributed by atoms with E-state index in [0.717, 1.165) is 16.7 Å². The van der Waals surface area contributed by atoms with Gasteiger partial charge < -0.3 is 35.2 Å². The second kappa shape index (κ2) is 8.71. The number of carbonyl (C=O) groups excluding carboxylic acids is 1. The smallest absolute Gasteiger partial charge is 0.251 e. The van der Waals surface area contributed by atoms with Gasteiger partial charge in [0.25, 0.3) is 5.91 Å². The van der Waals surface area contributed by atoms with Crippen LogP contribution in [0.2, 0.25) is 0 Å². The highest BCUT2D eigenvalue weighted by atomic mass is 16.7. The molecule has 1 heterocycles. The lowest BCUT2D eigenvalue weighted by molar-refractivity contribution is -0.308. The van der Waals surface area contributed by atoms with Gasteiger partial charge in [-0.2, -0.15) is 0 Å². The normalized spacial score (nSPS) is 28.8. The van der Waals surface area contributed by atoms with E-state index in [4.69, 9.17) is 9.47 Å². The highest BCUT2D eigenvalue weighted by Crippen LogP contribution is 2.33. The molecule has 5 N–H and O–H groups in total. The Bertz CT molecular complexity index is 914. The standard InChI is InChI=1S/C22H27NO7/c1-12-9-14(13-5-4-6-15(10-13)20(27)23-3)7-8-16(12)29-21-19(26)22(2,28)18(25)17(11-24)30-21/h4-10,17-19,21,24-26,28H,11H2,1-3H3,(H,23,27)/t17-,18-,19-,21+,22+/m1/s1. The summed E-state index contributed by atoms with van der Waals surface area (Å²) >= 11 is 0. The summed E-state index contributed by atoms with van der Waals surface area (Å²) in [5, 5.41) is 42.9. The van der Waals surface area contributed by atoms with Crippen molar-refractivity contribution in [2.24, 2.45) is 0 Å². The van der Waals surface area contributed by atoms with E-state index in [-0.39, 0.29) is 5.91 Å². The highest BCUT2D eigenvalue weighted by Gasteiger charge is 2.53. The summed E-state index contributed by atoms with van der Waals surface area (Å²) in [5.41, 5.74) is 1.09. The minimum atomic E-state index is -1.91. The highest BCUT2D eigenvalue weighted by molar-refractivity contribution is 5.95. The quantitative estimate of drug-likeness (QED) is 0.482. The Morgan fingerprint density at radius 1 is 1.17 bits per heavy atom.